The van der Waals surface area contributed by atoms with Crippen LogP contribution in [0.3, 0.4) is 0 Å². The van der Waals surface area contributed by atoms with Crippen LogP contribution in [0, 0.1) is 10.1 Å². The molecule has 25 heavy (non-hydrogen) atoms. The van der Waals surface area contributed by atoms with Gasteiger partial charge in [0, 0.05) is 11.6 Å². The van der Waals surface area contributed by atoms with E-state index in [0.717, 1.165) is 55.6 Å². The molecule has 1 saturated heterocycles. The number of rotatable bonds is 5. The number of nitrogens with zero attached hydrogens (tertiary/aromatic N) is 1. The van der Waals surface area contributed by atoms with Gasteiger partial charge >= 0.3 is 5.00 Å². The molecule has 3 heterocycles. The number of piperazine rings is 1. The number of quaternary nitrogens is 2. The number of benzene rings is 1. The molecule has 0 aliphatic carbocycles. The molecule has 2 aliphatic heterocycles. The van der Waals surface area contributed by atoms with Crippen LogP contribution in [0.25, 0.3) is 0 Å². The standard InChI is InChI=1S/C17H19N3O4S/c21-20(22)17-4-2-14(25-17)11-19-7-5-18(6-8-19)10-13-1-3-15-16(9-13)24-12-23-15/h1-4,9H,5-8,10-12H2/p+2. The average molecular weight is 363 g/mol. The summed E-state index contributed by atoms with van der Waals surface area (Å²) in [4.78, 5) is 14.6. The Morgan fingerprint density at radius 3 is 2.44 bits per heavy atom. The number of ether oxygens (including phenoxy) is 2. The average Bonchev–Trinajstić information content (AvgIpc) is 3.25. The van der Waals surface area contributed by atoms with E-state index in [1.54, 1.807) is 11.0 Å². The van der Waals surface area contributed by atoms with Gasteiger partial charge in [-0.25, -0.2) is 0 Å². The van der Waals surface area contributed by atoms with Crippen molar-refractivity contribution in [3.05, 3.63) is 50.9 Å². The van der Waals surface area contributed by atoms with E-state index in [1.165, 1.54) is 21.8 Å². The minimum atomic E-state index is -0.309. The number of hydrogen-bond donors (Lipinski definition) is 2. The summed E-state index contributed by atoms with van der Waals surface area (Å²) < 4.78 is 10.8. The van der Waals surface area contributed by atoms with E-state index < -0.39 is 0 Å². The number of nitro groups is 1. The third kappa shape index (κ3) is 3.76. The highest BCUT2D eigenvalue weighted by molar-refractivity contribution is 7.15. The van der Waals surface area contributed by atoms with Crippen LogP contribution in [0.1, 0.15) is 10.4 Å². The number of nitrogens with one attached hydrogen (secondary N) is 2. The topological polar surface area (TPSA) is 70.5 Å². The Kier molecular flexibility index (Phi) is 4.56. The fourth-order valence-electron chi connectivity index (χ4n) is 3.46. The molecule has 7 nitrogen and oxygen atoms in total. The van der Waals surface area contributed by atoms with Gasteiger partial charge in [0.15, 0.2) is 11.5 Å². The Morgan fingerprint density at radius 2 is 1.72 bits per heavy atom. The normalized spacial score (nSPS) is 22.1. The molecular formula is C17H21N3O4S+2. The summed E-state index contributed by atoms with van der Waals surface area (Å²) in [5.41, 5.74) is 1.27. The Balaban J connectivity index is 1.28. The van der Waals surface area contributed by atoms with E-state index in [9.17, 15) is 10.1 Å². The van der Waals surface area contributed by atoms with Crippen LogP contribution in [0.2, 0.25) is 0 Å². The lowest BCUT2D eigenvalue weighted by molar-refractivity contribution is -1.02. The molecule has 1 aromatic heterocycles. The highest BCUT2D eigenvalue weighted by atomic mass is 32.1. The molecule has 2 aromatic rings. The molecule has 0 amide bonds. The summed E-state index contributed by atoms with van der Waals surface area (Å²) >= 11 is 1.30. The van der Waals surface area contributed by atoms with Crippen LogP contribution in [0.4, 0.5) is 5.00 Å². The summed E-state index contributed by atoms with van der Waals surface area (Å²) in [5.74, 6) is 1.68. The van der Waals surface area contributed by atoms with Gasteiger partial charge in [-0.1, -0.05) is 11.3 Å². The molecule has 0 spiro atoms. The lowest BCUT2D eigenvalue weighted by Gasteiger charge is -2.29. The molecule has 2 aliphatic rings. The summed E-state index contributed by atoms with van der Waals surface area (Å²) in [7, 11) is 0. The highest BCUT2D eigenvalue weighted by Gasteiger charge is 2.25. The monoisotopic (exact) mass is 363 g/mol. The second-order valence-corrected chi connectivity index (χ2v) is 7.69. The van der Waals surface area contributed by atoms with Gasteiger partial charge in [0.1, 0.15) is 39.3 Å². The number of hydrogen-bond acceptors (Lipinski definition) is 5. The molecule has 1 aromatic carbocycles. The summed E-state index contributed by atoms with van der Waals surface area (Å²) in [6.07, 6.45) is 0. The van der Waals surface area contributed by atoms with Gasteiger partial charge in [0.05, 0.1) is 9.80 Å². The SMILES string of the molecule is O=[N+]([O-])c1ccc(C[NH+]2CC[NH+](Cc3ccc4c(c3)OCO4)CC2)s1. The van der Waals surface area contributed by atoms with Crippen molar-refractivity contribution in [1.82, 2.24) is 0 Å². The molecule has 0 unspecified atom stereocenters. The van der Waals surface area contributed by atoms with Crippen LogP contribution >= 0.6 is 11.3 Å². The molecule has 1 fully saturated rings. The van der Waals surface area contributed by atoms with Crippen LogP contribution < -0.4 is 19.3 Å². The lowest BCUT2D eigenvalue weighted by atomic mass is 10.1. The van der Waals surface area contributed by atoms with Crippen molar-refractivity contribution in [2.45, 2.75) is 13.1 Å². The van der Waals surface area contributed by atoms with Crippen LogP contribution in [-0.2, 0) is 13.1 Å². The quantitative estimate of drug-likeness (QED) is 0.574. The largest absolute Gasteiger partial charge is 0.454 e. The molecule has 0 bridgehead atoms. The van der Waals surface area contributed by atoms with Crippen LogP contribution in [0.5, 0.6) is 11.5 Å². The van der Waals surface area contributed by atoms with Gasteiger partial charge in [-0.15, -0.1) is 0 Å². The molecule has 4 rings (SSSR count). The van der Waals surface area contributed by atoms with Crippen molar-refractivity contribution >= 4 is 16.3 Å². The van der Waals surface area contributed by atoms with Gasteiger partial charge in [-0.3, -0.25) is 10.1 Å². The maximum atomic E-state index is 10.8. The minimum absolute atomic E-state index is 0.237. The van der Waals surface area contributed by atoms with Gasteiger partial charge < -0.3 is 19.3 Å². The first-order valence-corrected chi connectivity index (χ1v) is 9.28. The highest BCUT2D eigenvalue weighted by Crippen LogP contribution is 2.32. The first-order valence-electron chi connectivity index (χ1n) is 8.46. The van der Waals surface area contributed by atoms with Gasteiger partial charge in [-0.05, 0) is 24.3 Å². The second kappa shape index (κ2) is 6.99. The van der Waals surface area contributed by atoms with E-state index in [4.69, 9.17) is 9.47 Å². The zero-order valence-electron chi connectivity index (χ0n) is 13.8. The third-order valence-corrected chi connectivity index (χ3v) is 5.84. The van der Waals surface area contributed by atoms with Crippen molar-refractivity contribution in [1.29, 1.82) is 0 Å². The Hall–Kier alpha value is -2.16. The maximum absolute atomic E-state index is 10.8. The Labute approximate surface area is 149 Å². The van der Waals surface area contributed by atoms with Gasteiger partial charge in [0.2, 0.25) is 6.79 Å². The molecule has 8 heteroatoms. The Bertz CT molecular complexity index is 771. The molecule has 2 N–H and O–H groups in total. The smallest absolute Gasteiger partial charge is 0.324 e. The third-order valence-electron chi connectivity index (χ3n) is 4.81. The zero-order chi connectivity index (χ0) is 17.2. The van der Waals surface area contributed by atoms with E-state index in [0.29, 0.717) is 6.79 Å². The molecule has 132 valence electrons. The zero-order valence-corrected chi connectivity index (χ0v) is 14.6. The van der Waals surface area contributed by atoms with Crippen LogP contribution in [0.15, 0.2) is 30.3 Å². The van der Waals surface area contributed by atoms with Crippen molar-refractivity contribution in [3.63, 3.8) is 0 Å². The van der Waals surface area contributed by atoms with Crippen molar-refractivity contribution in [3.8, 4) is 11.5 Å². The van der Waals surface area contributed by atoms with E-state index in [-0.39, 0.29) is 9.92 Å². The molecule has 0 atom stereocenters. The summed E-state index contributed by atoms with van der Waals surface area (Å²) in [5, 5.41) is 11.0. The predicted molar refractivity (Wildman–Crippen MR) is 92.3 cm³/mol. The minimum Gasteiger partial charge on any atom is -0.454 e. The van der Waals surface area contributed by atoms with E-state index in [1.807, 2.05) is 12.1 Å². The maximum Gasteiger partial charge on any atom is 0.324 e. The van der Waals surface area contributed by atoms with E-state index in [2.05, 4.69) is 12.1 Å². The fraction of sp³-hybridized carbons (Fsp3) is 0.412. The predicted octanol–water partition coefficient (Wildman–Crippen LogP) is -0.131. The second-order valence-electron chi connectivity index (χ2n) is 6.54. The summed E-state index contributed by atoms with van der Waals surface area (Å²) in [6.45, 7) is 6.59. The first-order chi connectivity index (χ1) is 12.2. The lowest BCUT2D eigenvalue weighted by Crippen LogP contribution is -3.27. The number of thiophene rings is 1. The Morgan fingerprint density at radius 1 is 1.00 bits per heavy atom. The first kappa shape index (κ1) is 16.3. The van der Waals surface area contributed by atoms with Gasteiger partial charge in [0.25, 0.3) is 0 Å². The van der Waals surface area contributed by atoms with E-state index >= 15 is 0 Å². The number of fused-ring (bicyclic) bond motifs is 1. The fourth-order valence-corrected chi connectivity index (χ4v) is 4.35. The van der Waals surface area contributed by atoms with Crippen molar-refractivity contribution in [2.24, 2.45) is 0 Å². The molecule has 0 radical (unpaired) electrons. The van der Waals surface area contributed by atoms with Gasteiger partial charge in [-0.2, -0.15) is 0 Å². The van der Waals surface area contributed by atoms with Crippen molar-refractivity contribution in [2.75, 3.05) is 33.0 Å². The summed E-state index contributed by atoms with van der Waals surface area (Å²) in [6, 6.07) is 9.69. The molecule has 0 saturated carbocycles. The van der Waals surface area contributed by atoms with Crippen LogP contribution in [-0.4, -0.2) is 37.9 Å². The van der Waals surface area contributed by atoms with Crippen molar-refractivity contribution < 1.29 is 24.2 Å². The molecular weight excluding hydrogens is 342 g/mol.